The lowest BCUT2D eigenvalue weighted by molar-refractivity contribution is -0.151. The smallest absolute Gasteiger partial charge is 0.337 e. The van der Waals surface area contributed by atoms with Crippen LogP contribution in [0.25, 0.3) is 22.3 Å². The molecule has 35 heavy (non-hydrogen) atoms. The van der Waals surface area contributed by atoms with Crippen LogP contribution in [0.5, 0.6) is 0 Å². The summed E-state index contributed by atoms with van der Waals surface area (Å²) in [7, 11) is -2.27. The summed E-state index contributed by atoms with van der Waals surface area (Å²) in [6, 6.07) is 14.9. The fraction of sp³-hybridized carbons (Fsp3) is 0.321. The second-order valence-corrected chi connectivity index (χ2v) is 11.0. The van der Waals surface area contributed by atoms with Gasteiger partial charge in [0.05, 0.1) is 10.6 Å². The average molecular weight is 494 g/mol. The molecule has 0 aliphatic carbocycles. The van der Waals surface area contributed by atoms with Gasteiger partial charge in [-0.25, -0.2) is 13.2 Å². The van der Waals surface area contributed by atoms with Crippen LogP contribution in [-0.4, -0.2) is 33.1 Å². The Morgan fingerprint density at radius 1 is 1.00 bits per heavy atom. The summed E-state index contributed by atoms with van der Waals surface area (Å²) in [5, 5.41) is 10.2. The number of hydrogen-bond acceptors (Lipinski definition) is 4. The van der Waals surface area contributed by atoms with Crippen LogP contribution in [0.15, 0.2) is 53.4 Å². The summed E-state index contributed by atoms with van der Waals surface area (Å²) < 4.78 is 34.1. The number of carboxylic acids is 1. The Bertz CT molecular complexity index is 1390. The Morgan fingerprint density at radius 3 is 2.29 bits per heavy atom. The third kappa shape index (κ3) is 4.13. The zero-order valence-electron chi connectivity index (χ0n) is 20.8. The minimum absolute atomic E-state index is 0.245. The monoisotopic (exact) mass is 493 g/mol. The van der Waals surface area contributed by atoms with Gasteiger partial charge in [-0.15, -0.1) is 0 Å². The summed E-state index contributed by atoms with van der Waals surface area (Å²) in [5.41, 5.74) is 6.56. The lowest BCUT2D eigenvalue weighted by Crippen LogP contribution is -2.32. The first-order valence-corrected chi connectivity index (χ1v) is 13.2. The van der Waals surface area contributed by atoms with E-state index >= 15 is 0 Å². The first-order valence-electron chi connectivity index (χ1n) is 11.8. The molecule has 1 aliphatic rings. The quantitative estimate of drug-likeness (QED) is 0.407. The molecule has 0 aromatic heterocycles. The number of aliphatic carboxylic acids is 1. The minimum Gasteiger partial charge on any atom is -0.479 e. The van der Waals surface area contributed by atoms with Crippen molar-refractivity contribution in [3.8, 4) is 22.3 Å². The Kier molecular flexibility index (Phi) is 6.75. The van der Waals surface area contributed by atoms with Gasteiger partial charge in [0.15, 0.2) is 6.10 Å². The average Bonchev–Trinajstić information content (AvgIpc) is 2.82. The molecule has 1 N–H and O–H groups in total. The van der Waals surface area contributed by atoms with E-state index in [9.17, 15) is 18.3 Å². The van der Waals surface area contributed by atoms with Gasteiger partial charge in [-0.2, -0.15) is 0 Å². The number of nitrogens with zero attached hydrogens (tertiary/aromatic N) is 1. The molecular weight excluding hydrogens is 462 g/mol. The van der Waals surface area contributed by atoms with E-state index in [0.29, 0.717) is 29.0 Å². The molecule has 0 fully saturated rings. The second-order valence-electron chi connectivity index (χ2n) is 9.04. The molecular formula is C28H31NO5S. The molecule has 0 bridgehead atoms. The highest BCUT2D eigenvalue weighted by atomic mass is 32.2. The molecule has 3 aromatic carbocycles. The van der Waals surface area contributed by atoms with Gasteiger partial charge >= 0.3 is 5.97 Å². The molecule has 0 unspecified atom stereocenters. The maximum absolute atomic E-state index is 13.4. The van der Waals surface area contributed by atoms with Crippen LogP contribution in [-0.2, 0) is 19.6 Å². The van der Waals surface area contributed by atoms with Crippen molar-refractivity contribution < 1.29 is 23.1 Å². The lowest BCUT2D eigenvalue weighted by atomic mass is 9.82. The van der Waals surface area contributed by atoms with Crippen LogP contribution in [0.2, 0.25) is 0 Å². The summed E-state index contributed by atoms with van der Waals surface area (Å²) in [4.78, 5) is 12.8. The van der Waals surface area contributed by atoms with Crippen LogP contribution in [0.4, 0.5) is 5.69 Å². The third-order valence-electron chi connectivity index (χ3n) is 6.73. The molecule has 184 valence electrons. The van der Waals surface area contributed by atoms with E-state index in [-0.39, 0.29) is 4.90 Å². The highest BCUT2D eigenvalue weighted by Crippen LogP contribution is 2.51. The molecule has 0 saturated carbocycles. The van der Waals surface area contributed by atoms with E-state index < -0.39 is 22.1 Å². The highest BCUT2D eigenvalue weighted by molar-refractivity contribution is 7.93. The lowest BCUT2D eigenvalue weighted by Gasteiger charge is -2.35. The normalized spacial score (nSPS) is 14.8. The minimum atomic E-state index is -3.80. The zero-order chi connectivity index (χ0) is 25.5. The van der Waals surface area contributed by atoms with Crippen LogP contribution >= 0.6 is 0 Å². The molecule has 0 radical (unpaired) electrons. The standard InChI is InChI=1S/C28H31NO5S/c1-6-7-16-34-27(28(30)31)25-19(4)26-24(18(3)23(25)20-14-12-17(2)13-15-20)21-10-8-9-11-22(21)35(32,33)29(26)5/h8-15,27H,6-7,16H2,1-5H3,(H,30,31)/t27-/m0/s1. The Labute approximate surface area is 207 Å². The predicted octanol–water partition coefficient (Wildman–Crippen LogP) is 6.03. The number of fused-ring (bicyclic) bond motifs is 3. The first-order chi connectivity index (χ1) is 16.6. The maximum atomic E-state index is 13.4. The molecule has 6 nitrogen and oxygen atoms in total. The van der Waals surface area contributed by atoms with Gasteiger partial charge in [-0.3, -0.25) is 4.31 Å². The van der Waals surface area contributed by atoms with E-state index in [1.54, 1.807) is 19.1 Å². The van der Waals surface area contributed by atoms with Gasteiger partial charge in [-0.05, 0) is 55.5 Å². The largest absolute Gasteiger partial charge is 0.479 e. The van der Waals surface area contributed by atoms with Gasteiger partial charge in [0, 0.05) is 30.3 Å². The topological polar surface area (TPSA) is 83.9 Å². The molecule has 1 atom stereocenters. The number of anilines is 1. The third-order valence-corrected chi connectivity index (χ3v) is 8.55. The van der Waals surface area contributed by atoms with Crippen molar-refractivity contribution in [2.24, 2.45) is 0 Å². The van der Waals surface area contributed by atoms with Gasteiger partial charge < -0.3 is 9.84 Å². The van der Waals surface area contributed by atoms with Crippen LogP contribution < -0.4 is 4.31 Å². The SMILES string of the molecule is CCCCO[C@H](C(=O)O)c1c(C)c2c(c(C)c1-c1ccc(C)cc1)-c1ccccc1S(=O)(=O)N2C. The van der Waals surface area contributed by atoms with Crippen molar-refractivity contribution in [1.82, 2.24) is 0 Å². The van der Waals surface area contributed by atoms with Gasteiger partial charge in [0.1, 0.15) is 0 Å². The number of ether oxygens (including phenoxy) is 1. The van der Waals surface area contributed by atoms with Crippen LogP contribution in [0.1, 0.15) is 48.1 Å². The zero-order valence-corrected chi connectivity index (χ0v) is 21.6. The van der Waals surface area contributed by atoms with Crippen LogP contribution in [0, 0.1) is 20.8 Å². The van der Waals surface area contributed by atoms with Gasteiger partial charge in [0.25, 0.3) is 10.0 Å². The molecule has 1 aliphatic heterocycles. The number of aryl methyl sites for hydroxylation is 1. The predicted molar refractivity (Wildman–Crippen MR) is 138 cm³/mol. The number of rotatable bonds is 7. The number of unbranched alkanes of at least 4 members (excludes halogenated alkanes) is 1. The number of carbonyl (C=O) groups is 1. The first kappa shape index (κ1) is 24.9. The van der Waals surface area contributed by atoms with Crippen LogP contribution in [0.3, 0.4) is 0 Å². The fourth-order valence-corrected chi connectivity index (χ4v) is 6.40. The van der Waals surface area contributed by atoms with Gasteiger partial charge in [0.2, 0.25) is 0 Å². The van der Waals surface area contributed by atoms with Crippen molar-refractivity contribution in [3.05, 3.63) is 70.8 Å². The molecule has 3 aromatic rings. The maximum Gasteiger partial charge on any atom is 0.337 e. The summed E-state index contributed by atoms with van der Waals surface area (Å²) >= 11 is 0. The van der Waals surface area contributed by atoms with Crippen molar-refractivity contribution in [3.63, 3.8) is 0 Å². The van der Waals surface area contributed by atoms with Crippen molar-refractivity contribution in [2.75, 3.05) is 18.0 Å². The van der Waals surface area contributed by atoms with Gasteiger partial charge in [-0.1, -0.05) is 61.4 Å². The van der Waals surface area contributed by atoms with E-state index in [1.807, 2.05) is 57.2 Å². The number of benzene rings is 3. The van der Waals surface area contributed by atoms with E-state index in [4.69, 9.17) is 4.74 Å². The molecule has 0 spiro atoms. The van der Waals surface area contributed by atoms with Crippen molar-refractivity contribution in [2.45, 2.75) is 51.5 Å². The summed E-state index contributed by atoms with van der Waals surface area (Å²) in [6.45, 7) is 8.05. The number of sulfonamides is 1. The van der Waals surface area contributed by atoms with Crippen molar-refractivity contribution >= 4 is 21.7 Å². The number of carboxylic acid groups (broad SMARTS) is 1. The second kappa shape index (κ2) is 9.47. The summed E-state index contributed by atoms with van der Waals surface area (Å²) in [6.07, 6.45) is 0.376. The molecule has 7 heteroatoms. The summed E-state index contributed by atoms with van der Waals surface area (Å²) in [5.74, 6) is -1.10. The Morgan fingerprint density at radius 2 is 1.66 bits per heavy atom. The van der Waals surface area contributed by atoms with E-state index in [2.05, 4.69) is 0 Å². The molecule has 0 amide bonds. The molecule has 4 rings (SSSR count). The van der Waals surface area contributed by atoms with Crippen molar-refractivity contribution in [1.29, 1.82) is 0 Å². The van der Waals surface area contributed by atoms with E-state index in [0.717, 1.165) is 40.7 Å². The molecule has 1 heterocycles. The Hall–Kier alpha value is -3.16. The van der Waals surface area contributed by atoms with E-state index in [1.165, 1.54) is 11.4 Å². The fourth-order valence-electron chi connectivity index (χ4n) is 4.94. The molecule has 0 saturated heterocycles. The number of hydrogen-bond donors (Lipinski definition) is 1. The highest BCUT2D eigenvalue weighted by Gasteiger charge is 2.39. The Balaban J connectivity index is 2.13.